The lowest BCUT2D eigenvalue weighted by atomic mass is 10.1. The molecule has 0 saturated carbocycles. The third-order valence-electron chi connectivity index (χ3n) is 2.45. The number of aliphatic hydroxyl groups is 1. The van der Waals surface area contributed by atoms with Crippen molar-refractivity contribution >= 4 is 11.6 Å². The maximum Gasteiger partial charge on any atom is 0.158 e. The molecule has 16 heavy (non-hydrogen) atoms. The number of hydrogen-bond acceptors (Lipinski definition) is 3. The van der Waals surface area contributed by atoms with E-state index in [4.69, 9.17) is 16.7 Å². The number of halogens is 1. The zero-order valence-electron chi connectivity index (χ0n) is 8.89. The highest BCUT2D eigenvalue weighted by Gasteiger charge is 2.08. The van der Waals surface area contributed by atoms with E-state index in [-0.39, 0.29) is 6.61 Å². The lowest BCUT2D eigenvalue weighted by molar-refractivity contribution is 0.266. The molecule has 0 aliphatic carbocycles. The van der Waals surface area contributed by atoms with Gasteiger partial charge in [-0.2, -0.15) is 0 Å². The zero-order valence-corrected chi connectivity index (χ0v) is 9.65. The third kappa shape index (κ3) is 2.23. The monoisotopic (exact) mass is 237 g/mol. The van der Waals surface area contributed by atoms with Crippen LogP contribution in [0.5, 0.6) is 0 Å². The molecule has 0 unspecified atom stereocenters. The van der Waals surface area contributed by atoms with Crippen molar-refractivity contribution in [3.05, 3.63) is 46.5 Å². The lowest BCUT2D eigenvalue weighted by Gasteiger charge is -2.02. The van der Waals surface area contributed by atoms with Crippen LogP contribution in [0.1, 0.15) is 17.2 Å². The van der Waals surface area contributed by atoms with E-state index < -0.39 is 0 Å². The highest BCUT2D eigenvalue weighted by molar-refractivity contribution is 6.30. The predicted molar refractivity (Wildman–Crippen MR) is 61.2 cm³/mol. The van der Waals surface area contributed by atoms with Crippen LogP contribution in [-0.4, -0.2) is 19.9 Å². The van der Waals surface area contributed by atoms with Crippen molar-refractivity contribution in [2.24, 2.45) is 7.05 Å². The third-order valence-corrected chi connectivity index (χ3v) is 2.68. The van der Waals surface area contributed by atoms with Crippen LogP contribution in [0.4, 0.5) is 0 Å². The van der Waals surface area contributed by atoms with E-state index in [2.05, 4.69) is 10.2 Å². The summed E-state index contributed by atoms with van der Waals surface area (Å²) in [5.41, 5.74) is 1.08. The summed E-state index contributed by atoms with van der Waals surface area (Å²) in [7, 11) is 1.84. The number of hydrogen-bond donors (Lipinski definition) is 1. The molecule has 0 aliphatic heterocycles. The van der Waals surface area contributed by atoms with Crippen molar-refractivity contribution in [2.75, 3.05) is 0 Å². The smallest absolute Gasteiger partial charge is 0.158 e. The summed E-state index contributed by atoms with van der Waals surface area (Å²) in [5, 5.41) is 17.6. The van der Waals surface area contributed by atoms with Gasteiger partial charge in [-0.15, -0.1) is 10.2 Å². The Kier molecular flexibility index (Phi) is 3.22. The van der Waals surface area contributed by atoms with Gasteiger partial charge in [0, 0.05) is 18.5 Å². The molecule has 5 heteroatoms. The van der Waals surface area contributed by atoms with Crippen molar-refractivity contribution in [1.29, 1.82) is 0 Å². The molecule has 0 radical (unpaired) electrons. The average Bonchev–Trinajstić information content (AvgIpc) is 2.60. The molecule has 0 atom stereocenters. The molecule has 1 heterocycles. The predicted octanol–water partition coefficient (Wildman–Crippen LogP) is 1.55. The van der Waals surface area contributed by atoms with Crippen LogP contribution in [0, 0.1) is 0 Å². The van der Waals surface area contributed by atoms with Crippen molar-refractivity contribution < 1.29 is 5.11 Å². The van der Waals surface area contributed by atoms with Crippen LogP contribution >= 0.6 is 11.6 Å². The Morgan fingerprint density at radius 1 is 1.31 bits per heavy atom. The van der Waals surface area contributed by atoms with E-state index in [0.29, 0.717) is 17.3 Å². The van der Waals surface area contributed by atoms with Gasteiger partial charge in [-0.1, -0.05) is 23.7 Å². The van der Waals surface area contributed by atoms with E-state index in [9.17, 15) is 0 Å². The molecule has 0 fully saturated rings. The average molecular weight is 238 g/mol. The Balaban J connectivity index is 2.24. The fourth-order valence-corrected chi connectivity index (χ4v) is 1.73. The van der Waals surface area contributed by atoms with Crippen LogP contribution in [0.3, 0.4) is 0 Å². The van der Waals surface area contributed by atoms with Gasteiger partial charge in [0.05, 0.1) is 0 Å². The summed E-state index contributed by atoms with van der Waals surface area (Å²) in [4.78, 5) is 0. The Labute approximate surface area is 98.5 Å². The van der Waals surface area contributed by atoms with Crippen molar-refractivity contribution in [3.63, 3.8) is 0 Å². The quantitative estimate of drug-likeness (QED) is 0.881. The number of nitrogens with zero attached hydrogens (tertiary/aromatic N) is 3. The second-order valence-electron chi connectivity index (χ2n) is 3.56. The second kappa shape index (κ2) is 4.63. The van der Waals surface area contributed by atoms with Gasteiger partial charge in [-0.25, -0.2) is 0 Å². The minimum atomic E-state index is -0.0982. The molecule has 4 nitrogen and oxygen atoms in total. The molecule has 2 aromatic rings. The summed E-state index contributed by atoms with van der Waals surface area (Å²) in [6.45, 7) is -0.0982. The first kappa shape index (κ1) is 11.1. The van der Waals surface area contributed by atoms with Gasteiger partial charge in [0.1, 0.15) is 12.4 Å². The molecule has 0 spiro atoms. The number of aliphatic hydroxyl groups excluding tert-OH is 1. The molecule has 0 saturated heterocycles. The second-order valence-corrected chi connectivity index (χ2v) is 3.99. The van der Waals surface area contributed by atoms with Crippen molar-refractivity contribution in [3.8, 4) is 0 Å². The Morgan fingerprint density at radius 2 is 2.06 bits per heavy atom. The highest BCUT2D eigenvalue weighted by atomic mass is 35.5. The van der Waals surface area contributed by atoms with Crippen molar-refractivity contribution in [2.45, 2.75) is 13.0 Å². The van der Waals surface area contributed by atoms with Gasteiger partial charge >= 0.3 is 0 Å². The van der Waals surface area contributed by atoms with E-state index in [1.807, 2.05) is 31.3 Å². The normalized spacial score (nSPS) is 10.7. The topological polar surface area (TPSA) is 50.9 Å². The maximum absolute atomic E-state index is 9.00. The Hall–Kier alpha value is -1.39. The van der Waals surface area contributed by atoms with Gasteiger partial charge in [0.15, 0.2) is 5.82 Å². The zero-order chi connectivity index (χ0) is 11.5. The molecule has 1 aromatic heterocycles. The largest absolute Gasteiger partial charge is 0.388 e. The van der Waals surface area contributed by atoms with Crippen LogP contribution in [0.15, 0.2) is 24.3 Å². The SMILES string of the molecule is Cn1c(CO)nnc1Cc1cccc(Cl)c1. The molecular formula is C11H12ClN3O. The standard InChI is InChI=1S/C11H12ClN3O/c1-15-10(13-14-11(15)7-16)6-8-3-2-4-9(12)5-8/h2-5,16H,6-7H2,1H3. The number of rotatable bonds is 3. The van der Waals surface area contributed by atoms with Gasteiger partial charge in [-0.05, 0) is 17.7 Å². The molecule has 84 valence electrons. The van der Waals surface area contributed by atoms with Gasteiger partial charge in [-0.3, -0.25) is 0 Å². The number of benzene rings is 1. The summed E-state index contributed by atoms with van der Waals surface area (Å²) < 4.78 is 1.79. The van der Waals surface area contributed by atoms with E-state index in [1.54, 1.807) is 4.57 Å². The molecule has 0 bridgehead atoms. The summed E-state index contributed by atoms with van der Waals surface area (Å²) in [6.07, 6.45) is 0.657. The molecule has 1 N–H and O–H groups in total. The van der Waals surface area contributed by atoms with E-state index in [1.165, 1.54) is 0 Å². The minimum Gasteiger partial charge on any atom is -0.388 e. The first-order valence-corrected chi connectivity index (χ1v) is 5.31. The lowest BCUT2D eigenvalue weighted by Crippen LogP contribution is -2.03. The van der Waals surface area contributed by atoms with E-state index >= 15 is 0 Å². The summed E-state index contributed by atoms with van der Waals surface area (Å²) in [5.74, 6) is 1.38. The first-order valence-electron chi connectivity index (χ1n) is 4.93. The van der Waals surface area contributed by atoms with Crippen molar-refractivity contribution in [1.82, 2.24) is 14.8 Å². The molecular weight excluding hydrogens is 226 g/mol. The highest BCUT2D eigenvalue weighted by Crippen LogP contribution is 2.13. The molecule has 2 rings (SSSR count). The van der Waals surface area contributed by atoms with Crippen LogP contribution in [0.2, 0.25) is 5.02 Å². The fourth-order valence-electron chi connectivity index (χ4n) is 1.52. The Morgan fingerprint density at radius 3 is 2.69 bits per heavy atom. The molecule has 0 aliphatic rings. The van der Waals surface area contributed by atoms with Crippen LogP contribution in [-0.2, 0) is 20.1 Å². The fraction of sp³-hybridized carbons (Fsp3) is 0.273. The van der Waals surface area contributed by atoms with Gasteiger partial charge in [0.2, 0.25) is 0 Å². The van der Waals surface area contributed by atoms with Crippen LogP contribution < -0.4 is 0 Å². The maximum atomic E-state index is 9.00. The minimum absolute atomic E-state index is 0.0982. The molecule has 1 aromatic carbocycles. The number of aromatic nitrogens is 3. The van der Waals surface area contributed by atoms with E-state index in [0.717, 1.165) is 11.4 Å². The first-order chi connectivity index (χ1) is 7.70. The van der Waals surface area contributed by atoms with Crippen LogP contribution in [0.25, 0.3) is 0 Å². The molecule has 0 amide bonds. The Bertz CT molecular complexity index is 496. The van der Waals surface area contributed by atoms with Gasteiger partial charge in [0.25, 0.3) is 0 Å². The van der Waals surface area contributed by atoms with Gasteiger partial charge < -0.3 is 9.67 Å². The summed E-state index contributed by atoms with van der Waals surface area (Å²) in [6, 6.07) is 7.62. The summed E-state index contributed by atoms with van der Waals surface area (Å²) >= 11 is 5.90.